The van der Waals surface area contributed by atoms with Gasteiger partial charge >= 0.3 is 5.97 Å². The minimum absolute atomic E-state index is 0.142. The van der Waals surface area contributed by atoms with E-state index in [2.05, 4.69) is 0 Å². The van der Waals surface area contributed by atoms with Gasteiger partial charge in [0.05, 0.1) is 18.7 Å². The van der Waals surface area contributed by atoms with E-state index >= 15 is 0 Å². The summed E-state index contributed by atoms with van der Waals surface area (Å²) in [5.74, 6) is -2.67. The molecule has 3 rings (SSSR count). The third kappa shape index (κ3) is 4.09. The molecule has 0 aliphatic carbocycles. The molecule has 0 aromatic heterocycles. The van der Waals surface area contributed by atoms with Crippen molar-refractivity contribution in [3.63, 3.8) is 0 Å². The Bertz CT molecular complexity index is 1310. The van der Waals surface area contributed by atoms with Gasteiger partial charge in [0.1, 0.15) is 12.3 Å². The molecule has 2 aromatic rings. The number of benzene rings is 2. The molecule has 4 heteroatoms. The average molecular weight is 348 g/mol. The average Bonchev–Trinajstić information content (AvgIpc) is 2.86. The first-order chi connectivity index (χ1) is 16.5. The molecule has 0 amide bonds. The van der Waals surface area contributed by atoms with Gasteiger partial charge in [0.2, 0.25) is 0 Å². The molecule has 0 spiro atoms. The number of hydrogen-bond acceptors (Lipinski definition) is 3. The topological polar surface area (TPSA) is 49.8 Å². The van der Waals surface area contributed by atoms with Gasteiger partial charge in [0.25, 0.3) is 0 Å². The largest absolute Gasteiger partial charge is 0.488 e. The van der Waals surface area contributed by atoms with Crippen molar-refractivity contribution in [1.82, 2.24) is 4.90 Å². The fourth-order valence-corrected chi connectivity index (χ4v) is 2.32. The number of hydrogen-bond donors (Lipinski definition) is 1. The number of carboxylic acid groups (broad SMARTS) is 1. The monoisotopic (exact) mass is 348 g/mol. The molecule has 0 saturated carbocycles. The van der Waals surface area contributed by atoms with Crippen LogP contribution in [0.2, 0.25) is 0 Å². The van der Waals surface area contributed by atoms with Crippen LogP contribution < -0.4 is 4.74 Å². The molecule has 2 aromatic carbocycles. The number of aliphatic carboxylic acids is 1. The Hall–Kier alpha value is -2.59. The summed E-state index contributed by atoms with van der Waals surface area (Å²) in [4.78, 5) is 13.5. The number of carbonyl (C=O) groups is 1. The number of nitrogens with zero attached hydrogens (tertiary/aromatic N) is 1. The quantitative estimate of drug-likeness (QED) is 0.897. The van der Waals surface area contributed by atoms with Crippen molar-refractivity contribution in [2.75, 3.05) is 20.6 Å². The molecule has 0 saturated heterocycles. The predicted molar refractivity (Wildman–Crippen MR) is 98.8 cm³/mol. The van der Waals surface area contributed by atoms with Gasteiger partial charge in [-0.15, -0.1) is 0 Å². The number of fused-ring (bicyclic) bond motifs is 2. The van der Waals surface area contributed by atoms with E-state index in [1.54, 1.807) is 19.0 Å². The summed E-state index contributed by atoms with van der Waals surface area (Å²) in [6, 6.07) is -5.53. The van der Waals surface area contributed by atoms with Crippen LogP contribution in [0.3, 0.4) is 0 Å². The van der Waals surface area contributed by atoms with E-state index < -0.39 is 83.6 Å². The zero-order chi connectivity index (χ0) is 27.5. The minimum atomic E-state index is -3.27. The predicted octanol–water partition coefficient (Wildman–Crippen LogP) is 3.59. The Morgan fingerprint density at radius 3 is 2.92 bits per heavy atom. The van der Waals surface area contributed by atoms with Crippen molar-refractivity contribution in [3.8, 4) is 5.75 Å². The fourth-order valence-electron chi connectivity index (χ4n) is 2.32. The minimum Gasteiger partial charge on any atom is -0.488 e. The molecule has 0 fully saturated rings. The molecule has 0 radical (unpaired) electrons. The second-order valence-corrected chi connectivity index (χ2v) is 5.55. The van der Waals surface area contributed by atoms with Crippen LogP contribution in [0.25, 0.3) is 5.57 Å². The summed E-state index contributed by atoms with van der Waals surface area (Å²) >= 11 is 0. The second-order valence-electron chi connectivity index (χ2n) is 5.55. The fraction of sp³-hybridized carbons (Fsp3) is 0.286. The van der Waals surface area contributed by atoms with E-state index in [0.717, 1.165) is 0 Å². The zero-order valence-corrected chi connectivity index (χ0v) is 13.7. The van der Waals surface area contributed by atoms with Crippen molar-refractivity contribution in [3.05, 3.63) is 70.6 Å². The lowest BCUT2D eigenvalue weighted by atomic mass is 9.92. The van der Waals surface area contributed by atoms with Gasteiger partial charge in [-0.2, -0.15) is 0 Å². The van der Waals surface area contributed by atoms with E-state index in [1.807, 2.05) is 0 Å². The molecule has 1 heterocycles. The Morgan fingerprint density at radius 1 is 1.36 bits per heavy atom. The van der Waals surface area contributed by atoms with Crippen LogP contribution in [0.1, 0.15) is 43.8 Å². The van der Waals surface area contributed by atoms with E-state index in [0.29, 0.717) is 6.54 Å². The van der Waals surface area contributed by atoms with Crippen LogP contribution in [-0.4, -0.2) is 36.6 Å². The molecule has 130 valence electrons. The van der Waals surface area contributed by atoms with Gasteiger partial charge in [0, 0.05) is 14.8 Å². The Morgan fingerprint density at radius 2 is 2.16 bits per heavy atom. The standard InChI is InChI=1S/C21H23NO3/c1-22(2)11-5-8-18-17-7-4-3-6-16(17)14-25-20-10-9-15(12-19(18)20)13-21(23)24/h3-4,6-10,12H,5,11,13-14H2,1-2H3,(H,23,24)/b18-8+/i3D,4D,6D,7D,9D,10D,12D,13D2,14D2. The molecular weight excluding hydrogens is 314 g/mol. The zero-order valence-electron chi connectivity index (χ0n) is 24.7. The molecule has 1 aliphatic heterocycles. The molecule has 25 heavy (non-hydrogen) atoms. The van der Waals surface area contributed by atoms with Crippen molar-refractivity contribution in [2.24, 2.45) is 0 Å². The summed E-state index contributed by atoms with van der Waals surface area (Å²) in [6.45, 7) is -2.52. The summed E-state index contributed by atoms with van der Waals surface area (Å²) in [6.07, 6.45) is -1.59. The summed E-state index contributed by atoms with van der Waals surface area (Å²) in [5.41, 5.74) is -2.46. The normalized spacial score (nSPS) is 23.5. The Balaban J connectivity index is 2.60. The molecular formula is C21H23NO3. The third-order valence-corrected chi connectivity index (χ3v) is 3.42. The van der Waals surface area contributed by atoms with E-state index in [1.165, 1.54) is 6.08 Å². The van der Waals surface area contributed by atoms with Gasteiger partial charge in [-0.1, -0.05) is 36.3 Å². The van der Waals surface area contributed by atoms with Gasteiger partial charge in [-0.3, -0.25) is 4.79 Å². The van der Waals surface area contributed by atoms with Crippen molar-refractivity contribution in [2.45, 2.75) is 19.4 Å². The van der Waals surface area contributed by atoms with Crippen LogP contribution in [-0.2, 0) is 17.7 Å². The van der Waals surface area contributed by atoms with Gasteiger partial charge < -0.3 is 14.7 Å². The second kappa shape index (κ2) is 7.53. The van der Waals surface area contributed by atoms with Gasteiger partial charge in [-0.25, -0.2) is 0 Å². The van der Waals surface area contributed by atoms with Crippen LogP contribution >= 0.6 is 0 Å². The van der Waals surface area contributed by atoms with E-state index in [4.69, 9.17) is 19.8 Å². The SMILES string of the molecule is [2H]c1c([2H])c([2H])c2c(c1[2H])/C(=C\CCN(C)C)c1c([2H])c(C([2H])([2H])C(=O)O)c([2H])c([2H])c1OC2([2H])[2H]. The van der Waals surface area contributed by atoms with Gasteiger partial charge in [0.15, 0.2) is 0 Å². The lowest BCUT2D eigenvalue weighted by molar-refractivity contribution is -0.136. The van der Waals surface area contributed by atoms with E-state index in [9.17, 15) is 9.90 Å². The van der Waals surface area contributed by atoms with Gasteiger partial charge in [-0.05, 0) is 54.9 Å². The highest BCUT2D eigenvalue weighted by atomic mass is 16.5. The summed E-state index contributed by atoms with van der Waals surface area (Å²) in [5, 5.41) is 9.44. The smallest absolute Gasteiger partial charge is 0.307 e. The maximum atomic E-state index is 11.7. The highest BCUT2D eigenvalue weighted by Crippen LogP contribution is 2.37. The molecule has 1 N–H and O–H groups in total. The van der Waals surface area contributed by atoms with Crippen LogP contribution in [0.5, 0.6) is 5.75 Å². The molecule has 4 nitrogen and oxygen atoms in total. The number of ether oxygens (including phenoxy) is 1. The Labute approximate surface area is 163 Å². The number of carboxylic acids is 1. The van der Waals surface area contributed by atoms with Crippen molar-refractivity contribution in [1.29, 1.82) is 0 Å². The third-order valence-electron chi connectivity index (χ3n) is 3.42. The number of rotatable bonds is 5. The lowest BCUT2D eigenvalue weighted by Gasteiger charge is -2.13. The van der Waals surface area contributed by atoms with Crippen molar-refractivity contribution >= 4 is 11.5 Å². The Kier molecular flexibility index (Phi) is 2.47. The lowest BCUT2D eigenvalue weighted by Crippen LogP contribution is -2.12. The molecule has 0 atom stereocenters. The van der Waals surface area contributed by atoms with E-state index in [-0.39, 0.29) is 17.6 Å². The molecule has 0 unspecified atom stereocenters. The highest BCUT2D eigenvalue weighted by Gasteiger charge is 2.19. The van der Waals surface area contributed by atoms with Crippen LogP contribution in [0.4, 0.5) is 0 Å². The van der Waals surface area contributed by atoms with Crippen LogP contribution in [0.15, 0.2) is 48.4 Å². The maximum absolute atomic E-state index is 11.7. The summed E-state index contributed by atoms with van der Waals surface area (Å²) < 4.78 is 96.7. The first-order valence-corrected chi connectivity index (χ1v) is 7.49. The molecule has 1 aliphatic rings. The maximum Gasteiger partial charge on any atom is 0.307 e. The highest BCUT2D eigenvalue weighted by molar-refractivity contribution is 5.85. The van der Waals surface area contributed by atoms with Crippen molar-refractivity contribution < 1.29 is 29.7 Å². The first kappa shape index (κ1) is 8.19. The van der Waals surface area contributed by atoms with Crippen LogP contribution in [0, 0.1) is 0 Å². The first-order valence-electron chi connectivity index (χ1n) is 13.0. The molecule has 0 bridgehead atoms. The summed E-state index contributed by atoms with van der Waals surface area (Å²) in [7, 11) is 3.54.